The summed E-state index contributed by atoms with van der Waals surface area (Å²) < 4.78 is 0. The van der Waals surface area contributed by atoms with Crippen LogP contribution < -0.4 is 10.7 Å². The summed E-state index contributed by atoms with van der Waals surface area (Å²) >= 11 is 0. The highest BCUT2D eigenvalue weighted by Crippen LogP contribution is 2.22. The van der Waals surface area contributed by atoms with Gasteiger partial charge in [0.25, 0.3) is 5.91 Å². The molecule has 0 unspecified atom stereocenters. The number of para-hydroxylation sites is 1. The third kappa shape index (κ3) is 6.31. The second kappa shape index (κ2) is 11.5. The lowest BCUT2D eigenvalue weighted by molar-refractivity contribution is -0.127. The molecule has 2 N–H and O–H groups in total. The van der Waals surface area contributed by atoms with Gasteiger partial charge in [-0.15, -0.1) is 0 Å². The number of H-pyrrole nitrogens is 1. The van der Waals surface area contributed by atoms with Crippen LogP contribution in [0.1, 0.15) is 69.2 Å². The molecule has 1 aromatic heterocycles. The lowest BCUT2D eigenvalue weighted by Crippen LogP contribution is -2.29. The predicted octanol–water partition coefficient (Wildman–Crippen LogP) is 5.19. The molecule has 1 aliphatic heterocycles. The third-order valence-electron chi connectivity index (χ3n) is 6.12. The molecule has 174 valence electrons. The van der Waals surface area contributed by atoms with Gasteiger partial charge in [0.2, 0.25) is 11.3 Å². The Bertz CT molecular complexity index is 1160. The number of hydrogen-bond acceptors (Lipinski definition) is 3. The molecule has 1 aliphatic rings. The third-order valence-corrected chi connectivity index (χ3v) is 6.12. The van der Waals surface area contributed by atoms with E-state index >= 15 is 0 Å². The number of allylic oxidation sites excluding steroid dienone is 4. The Kier molecular flexibility index (Phi) is 8.41. The lowest BCUT2D eigenvalue weighted by atomic mass is 10.0. The van der Waals surface area contributed by atoms with Crippen molar-refractivity contribution in [2.75, 3.05) is 6.54 Å². The van der Waals surface area contributed by atoms with E-state index in [-0.39, 0.29) is 16.9 Å². The second-order valence-corrected chi connectivity index (χ2v) is 8.54. The Labute approximate surface area is 195 Å². The van der Waals surface area contributed by atoms with Gasteiger partial charge in [-0.05, 0) is 50.0 Å². The van der Waals surface area contributed by atoms with E-state index in [0.29, 0.717) is 16.6 Å². The van der Waals surface area contributed by atoms with Crippen molar-refractivity contribution in [3.63, 3.8) is 0 Å². The number of nitrogens with one attached hydrogen (secondary N) is 2. The zero-order chi connectivity index (χ0) is 23.8. The van der Waals surface area contributed by atoms with Crippen molar-refractivity contribution in [2.24, 2.45) is 0 Å². The molecule has 0 saturated heterocycles. The monoisotopic (exact) mass is 447 g/mol. The molecule has 0 atom stereocenters. The van der Waals surface area contributed by atoms with Crippen LogP contribution >= 0.6 is 0 Å². The Hall–Kier alpha value is -3.41. The lowest BCUT2D eigenvalue weighted by Gasteiger charge is -2.24. The van der Waals surface area contributed by atoms with Gasteiger partial charge in [-0.1, -0.05) is 50.5 Å². The smallest absolute Gasteiger partial charge is 0.261 e. The molecule has 1 aromatic carbocycles. The number of amides is 2. The van der Waals surface area contributed by atoms with Crippen molar-refractivity contribution in [3.8, 4) is 0 Å². The maximum atomic E-state index is 12.7. The quantitative estimate of drug-likeness (QED) is 0.633. The molecule has 0 spiro atoms. The number of aromatic amines is 1. The number of carbonyl (C=O) groups excluding carboxylic acids is 2. The summed E-state index contributed by atoms with van der Waals surface area (Å²) in [6, 6.07) is 7.08. The Morgan fingerprint density at radius 3 is 2.55 bits per heavy atom. The molecule has 0 aliphatic carbocycles. The van der Waals surface area contributed by atoms with E-state index in [4.69, 9.17) is 0 Å². The van der Waals surface area contributed by atoms with E-state index < -0.39 is 5.91 Å². The molecule has 6 nitrogen and oxygen atoms in total. The predicted molar refractivity (Wildman–Crippen MR) is 133 cm³/mol. The molecule has 3 rings (SSSR count). The van der Waals surface area contributed by atoms with E-state index in [9.17, 15) is 14.4 Å². The van der Waals surface area contributed by atoms with E-state index in [2.05, 4.69) is 16.9 Å². The van der Waals surface area contributed by atoms with Gasteiger partial charge >= 0.3 is 0 Å². The molecular weight excluding hydrogens is 414 g/mol. The summed E-state index contributed by atoms with van der Waals surface area (Å²) in [4.78, 5) is 42.5. The highest BCUT2D eigenvalue weighted by Gasteiger charge is 2.15. The zero-order valence-electron chi connectivity index (χ0n) is 19.6. The first kappa shape index (κ1) is 24.2. The van der Waals surface area contributed by atoms with Crippen LogP contribution in [0, 0.1) is 0 Å². The van der Waals surface area contributed by atoms with Crippen LogP contribution in [0.5, 0.6) is 0 Å². The van der Waals surface area contributed by atoms with E-state index in [1.54, 1.807) is 31.2 Å². The van der Waals surface area contributed by atoms with Crippen LogP contribution in [0.4, 0.5) is 0 Å². The van der Waals surface area contributed by atoms with E-state index in [0.717, 1.165) is 49.9 Å². The zero-order valence-corrected chi connectivity index (χ0v) is 19.6. The van der Waals surface area contributed by atoms with Gasteiger partial charge in [0.05, 0.1) is 0 Å². The van der Waals surface area contributed by atoms with Crippen LogP contribution in [0.25, 0.3) is 10.9 Å². The van der Waals surface area contributed by atoms with Gasteiger partial charge < -0.3 is 15.2 Å². The molecule has 2 aromatic rings. The SMILES string of the molecule is C=C(/C=C\C1=C(/C)N(C(C)=O)CCCCCCCC1)NC(=O)c1c[nH]c2ccccc2c1=O. The van der Waals surface area contributed by atoms with Crippen molar-refractivity contribution >= 4 is 22.7 Å². The fourth-order valence-corrected chi connectivity index (χ4v) is 4.20. The van der Waals surface area contributed by atoms with Gasteiger partial charge in [-0.2, -0.15) is 0 Å². The number of rotatable bonds is 4. The minimum absolute atomic E-state index is 0.0383. The number of benzene rings is 1. The minimum Gasteiger partial charge on any atom is -0.360 e. The fraction of sp³-hybridized carbons (Fsp3) is 0.370. The number of hydrogen-bond donors (Lipinski definition) is 2. The van der Waals surface area contributed by atoms with Gasteiger partial charge in [0.15, 0.2) is 0 Å². The summed E-state index contributed by atoms with van der Waals surface area (Å²) in [7, 11) is 0. The van der Waals surface area contributed by atoms with E-state index in [1.165, 1.54) is 19.0 Å². The average molecular weight is 448 g/mol. The topological polar surface area (TPSA) is 82.3 Å². The number of aromatic nitrogens is 1. The molecule has 0 saturated carbocycles. The first-order valence-corrected chi connectivity index (χ1v) is 11.6. The molecule has 0 bridgehead atoms. The maximum absolute atomic E-state index is 12.7. The normalized spacial score (nSPS) is 18.2. The average Bonchev–Trinajstić information content (AvgIpc) is 2.83. The highest BCUT2D eigenvalue weighted by atomic mass is 16.2. The van der Waals surface area contributed by atoms with Crippen LogP contribution in [-0.2, 0) is 4.79 Å². The molecule has 2 heterocycles. The number of fused-ring (bicyclic) bond motifs is 1. The molecule has 6 heteroatoms. The largest absolute Gasteiger partial charge is 0.360 e. The second-order valence-electron chi connectivity index (χ2n) is 8.54. The summed E-state index contributed by atoms with van der Waals surface area (Å²) in [5, 5.41) is 3.17. The highest BCUT2D eigenvalue weighted by molar-refractivity contribution is 5.98. The van der Waals surface area contributed by atoms with Gasteiger partial charge in [-0.3, -0.25) is 14.4 Å². The first-order valence-electron chi connectivity index (χ1n) is 11.6. The summed E-state index contributed by atoms with van der Waals surface area (Å²) in [6.45, 7) is 8.24. The standard InChI is InChI=1S/C27H33N3O3/c1-19(29-27(33)24-18-28-25-14-10-9-13-23(25)26(24)32)15-16-22-12-8-6-4-5-7-11-17-30(20(22)2)21(3)31/h9-10,13-16,18H,1,4-8,11-12,17H2,2-3H3,(H,28,32)(H,29,33)/b16-15-,22-20+. The fourth-order valence-electron chi connectivity index (χ4n) is 4.20. The molecule has 33 heavy (non-hydrogen) atoms. The number of carbonyl (C=O) groups is 2. The van der Waals surface area contributed by atoms with Gasteiger partial charge in [0.1, 0.15) is 5.56 Å². The van der Waals surface area contributed by atoms with Gasteiger partial charge in [0, 0.05) is 42.0 Å². The Balaban J connectivity index is 1.77. The maximum Gasteiger partial charge on any atom is 0.261 e. The molecule has 0 fully saturated rings. The van der Waals surface area contributed by atoms with Crippen molar-refractivity contribution in [3.05, 3.63) is 81.9 Å². The minimum atomic E-state index is -0.504. The van der Waals surface area contributed by atoms with Crippen LogP contribution in [0.15, 0.2) is 71.0 Å². The van der Waals surface area contributed by atoms with Crippen LogP contribution in [0.2, 0.25) is 0 Å². The van der Waals surface area contributed by atoms with Gasteiger partial charge in [-0.25, -0.2) is 0 Å². The molecule has 2 amide bonds. The summed E-state index contributed by atoms with van der Waals surface area (Å²) in [5.74, 6) is -0.463. The first-order chi connectivity index (χ1) is 15.9. The Morgan fingerprint density at radius 2 is 1.79 bits per heavy atom. The molecular formula is C27H33N3O3. The van der Waals surface area contributed by atoms with Crippen LogP contribution in [0.3, 0.4) is 0 Å². The number of nitrogens with zero attached hydrogens (tertiary/aromatic N) is 1. The van der Waals surface area contributed by atoms with Crippen molar-refractivity contribution in [1.82, 2.24) is 15.2 Å². The summed E-state index contributed by atoms with van der Waals surface area (Å²) in [5.41, 5.74) is 2.80. The summed E-state index contributed by atoms with van der Waals surface area (Å²) in [6.07, 6.45) is 12.7. The van der Waals surface area contributed by atoms with Crippen molar-refractivity contribution in [2.45, 2.75) is 58.8 Å². The van der Waals surface area contributed by atoms with E-state index in [1.807, 2.05) is 24.0 Å². The van der Waals surface area contributed by atoms with Crippen LogP contribution in [-0.4, -0.2) is 28.2 Å². The van der Waals surface area contributed by atoms with Crippen molar-refractivity contribution < 1.29 is 9.59 Å². The number of pyridine rings is 1. The Morgan fingerprint density at radius 1 is 1.09 bits per heavy atom. The van der Waals surface area contributed by atoms with Crippen molar-refractivity contribution in [1.29, 1.82) is 0 Å². The molecule has 0 radical (unpaired) electrons.